The Morgan fingerprint density at radius 3 is 2.42 bits per heavy atom. The number of amides is 2. The van der Waals surface area contributed by atoms with Crippen molar-refractivity contribution in [3.63, 3.8) is 0 Å². The van der Waals surface area contributed by atoms with Crippen LogP contribution in [0, 0.1) is 6.92 Å². The number of nitrogen functional groups attached to an aromatic ring is 1. The average Bonchev–Trinajstić information content (AvgIpc) is 3.47. The Morgan fingerprint density at radius 1 is 1.05 bits per heavy atom. The molecule has 2 aromatic heterocycles. The van der Waals surface area contributed by atoms with E-state index in [0.717, 1.165) is 31.1 Å². The Kier molecular flexibility index (Phi) is 6.92. The molecule has 0 saturated heterocycles. The lowest BCUT2D eigenvalue weighted by atomic mass is 10.2. The first-order chi connectivity index (χ1) is 18.3. The van der Waals surface area contributed by atoms with Crippen molar-refractivity contribution in [2.24, 2.45) is 0 Å². The molecule has 0 bridgehead atoms. The van der Waals surface area contributed by atoms with Crippen molar-refractivity contribution in [2.75, 3.05) is 35.6 Å². The van der Waals surface area contributed by atoms with Gasteiger partial charge < -0.3 is 15.6 Å². The van der Waals surface area contributed by atoms with E-state index in [4.69, 9.17) is 17.3 Å². The maximum Gasteiger partial charge on any atom is 0.279 e. The van der Waals surface area contributed by atoms with E-state index in [-0.39, 0.29) is 29.9 Å². The molecule has 5 rings (SSSR count). The topological polar surface area (TPSA) is 114 Å². The Balaban J connectivity index is 1.50. The monoisotopic (exact) mass is 532 g/mol. The maximum atomic E-state index is 13.9. The van der Waals surface area contributed by atoms with Gasteiger partial charge in [0.1, 0.15) is 18.2 Å². The molecule has 1 aliphatic rings. The van der Waals surface area contributed by atoms with Crippen LogP contribution in [-0.2, 0) is 11.3 Å². The standard InChI is InChI=1S/C27H29ClN8O2/c1-4-33(5-2)15-23-30-12-13-34(23)18-6-8-19(9-7-18)35-16-24(37)32-26-25(27(35)38)36(17(3)31-26)20-10-11-21(28)22(29)14-20/h6-14H,4-5,15-16,29H2,1-3H3,(H,32,37). The molecular formula is C27H29ClN8O2. The van der Waals surface area contributed by atoms with Crippen molar-refractivity contribution in [3.05, 3.63) is 77.2 Å². The van der Waals surface area contributed by atoms with Crippen LogP contribution in [0.25, 0.3) is 11.4 Å². The number of carbonyl (C=O) groups is 2. The van der Waals surface area contributed by atoms with Gasteiger partial charge in [0.25, 0.3) is 5.91 Å². The average molecular weight is 533 g/mol. The van der Waals surface area contributed by atoms with Gasteiger partial charge >= 0.3 is 0 Å². The highest BCUT2D eigenvalue weighted by molar-refractivity contribution is 6.33. The van der Waals surface area contributed by atoms with Crippen LogP contribution >= 0.6 is 11.6 Å². The van der Waals surface area contributed by atoms with Crippen LogP contribution < -0.4 is 16.0 Å². The number of carbonyl (C=O) groups excluding carboxylic acids is 2. The lowest BCUT2D eigenvalue weighted by molar-refractivity contribution is -0.114. The zero-order valence-corrected chi connectivity index (χ0v) is 22.2. The number of nitrogens with one attached hydrogen (secondary N) is 1. The number of anilines is 3. The third-order valence-electron chi connectivity index (χ3n) is 6.71. The van der Waals surface area contributed by atoms with E-state index in [9.17, 15) is 9.59 Å². The number of halogens is 1. The van der Waals surface area contributed by atoms with Crippen molar-refractivity contribution in [3.8, 4) is 11.4 Å². The Bertz CT molecular complexity index is 1500. The molecular weight excluding hydrogens is 504 g/mol. The predicted molar refractivity (Wildman–Crippen MR) is 148 cm³/mol. The minimum absolute atomic E-state index is 0.144. The van der Waals surface area contributed by atoms with Crippen LogP contribution in [0.1, 0.15) is 36.0 Å². The van der Waals surface area contributed by atoms with E-state index in [0.29, 0.717) is 27.9 Å². The summed E-state index contributed by atoms with van der Waals surface area (Å²) in [6.45, 7) is 8.47. The van der Waals surface area contributed by atoms with Gasteiger partial charge in [-0.3, -0.25) is 24.0 Å². The molecule has 0 spiro atoms. The molecule has 3 heterocycles. The summed E-state index contributed by atoms with van der Waals surface area (Å²) in [6.07, 6.45) is 3.70. The number of rotatable bonds is 7. The van der Waals surface area contributed by atoms with Gasteiger partial charge in [-0.1, -0.05) is 25.4 Å². The fourth-order valence-corrected chi connectivity index (χ4v) is 4.77. The number of aromatic nitrogens is 4. The van der Waals surface area contributed by atoms with Crippen molar-refractivity contribution in [1.29, 1.82) is 0 Å². The first-order valence-electron chi connectivity index (χ1n) is 12.4. The SMILES string of the molecule is CCN(CC)Cc1nccn1-c1ccc(N2CC(=O)Nc3nc(C)n(-c4ccc(Cl)c(N)c4)c3C2=O)cc1. The first kappa shape index (κ1) is 25.5. The number of hydrogen-bond acceptors (Lipinski definition) is 6. The molecule has 0 radical (unpaired) electrons. The van der Waals surface area contributed by atoms with Crippen LogP contribution in [0.4, 0.5) is 17.2 Å². The highest BCUT2D eigenvalue weighted by Gasteiger charge is 2.33. The number of hydrogen-bond donors (Lipinski definition) is 2. The Hall–Kier alpha value is -4.15. The molecule has 2 amide bonds. The number of aryl methyl sites for hydroxylation is 1. The van der Waals surface area contributed by atoms with Crippen molar-refractivity contribution in [1.82, 2.24) is 24.0 Å². The second kappa shape index (κ2) is 10.3. The molecule has 10 nitrogen and oxygen atoms in total. The molecule has 3 N–H and O–H groups in total. The highest BCUT2D eigenvalue weighted by Crippen LogP contribution is 2.31. The van der Waals surface area contributed by atoms with E-state index >= 15 is 0 Å². The quantitative estimate of drug-likeness (QED) is 0.347. The van der Waals surface area contributed by atoms with Crippen LogP contribution in [0.5, 0.6) is 0 Å². The number of benzene rings is 2. The van der Waals surface area contributed by atoms with Crippen LogP contribution in [0.15, 0.2) is 54.9 Å². The Morgan fingerprint density at radius 2 is 1.74 bits per heavy atom. The molecule has 38 heavy (non-hydrogen) atoms. The molecule has 0 unspecified atom stereocenters. The molecule has 0 aliphatic carbocycles. The summed E-state index contributed by atoms with van der Waals surface area (Å²) in [7, 11) is 0. The summed E-state index contributed by atoms with van der Waals surface area (Å²) in [6, 6.07) is 12.6. The zero-order valence-electron chi connectivity index (χ0n) is 21.5. The molecule has 11 heteroatoms. The Labute approximate surface area is 225 Å². The van der Waals surface area contributed by atoms with Gasteiger partial charge in [0.15, 0.2) is 11.5 Å². The van der Waals surface area contributed by atoms with Crippen LogP contribution in [-0.4, -0.2) is 55.5 Å². The van der Waals surface area contributed by atoms with Gasteiger partial charge in [-0.2, -0.15) is 0 Å². The van der Waals surface area contributed by atoms with Gasteiger partial charge in [0.2, 0.25) is 5.91 Å². The zero-order chi connectivity index (χ0) is 27.0. The lowest BCUT2D eigenvalue weighted by Gasteiger charge is -2.22. The lowest BCUT2D eigenvalue weighted by Crippen LogP contribution is -2.36. The van der Waals surface area contributed by atoms with Crippen molar-refractivity contribution in [2.45, 2.75) is 27.3 Å². The van der Waals surface area contributed by atoms with Crippen LogP contribution in [0.3, 0.4) is 0 Å². The van der Waals surface area contributed by atoms with Gasteiger partial charge in [-0.05, 0) is 62.5 Å². The van der Waals surface area contributed by atoms with Gasteiger partial charge in [0.05, 0.1) is 17.3 Å². The van der Waals surface area contributed by atoms with Gasteiger partial charge in [0, 0.05) is 29.5 Å². The summed E-state index contributed by atoms with van der Waals surface area (Å²) in [5, 5.41) is 3.19. The number of fused-ring (bicyclic) bond motifs is 1. The van der Waals surface area contributed by atoms with Crippen LogP contribution in [0.2, 0.25) is 5.02 Å². The molecule has 0 fully saturated rings. The van der Waals surface area contributed by atoms with Gasteiger partial charge in [-0.15, -0.1) is 0 Å². The smallest absolute Gasteiger partial charge is 0.279 e. The fraction of sp³-hybridized carbons (Fsp3) is 0.259. The summed E-state index contributed by atoms with van der Waals surface area (Å²) in [4.78, 5) is 39.4. The van der Waals surface area contributed by atoms with Crippen molar-refractivity contribution < 1.29 is 9.59 Å². The second-order valence-electron chi connectivity index (χ2n) is 9.03. The van der Waals surface area contributed by atoms with E-state index in [1.54, 1.807) is 35.9 Å². The number of nitrogens with zero attached hydrogens (tertiary/aromatic N) is 6. The minimum atomic E-state index is -0.356. The summed E-state index contributed by atoms with van der Waals surface area (Å²) >= 11 is 6.11. The normalized spacial score (nSPS) is 13.6. The molecule has 196 valence electrons. The van der Waals surface area contributed by atoms with E-state index in [2.05, 4.69) is 34.0 Å². The number of nitrogens with two attached hydrogens (primary N) is 1. The van der Waals surface area contributed by atoms with E-state index in [1.165, 1.54) is 4.90 Å². The molecule has 0 atom stereocenters. The van der Waals surface area contributed by atoms with E-state index in [1.807, 2.05) is 35.0 Å². The highest BCUT2D eigenvalue weighted by atomic mass is 35.5. The van der Waals surface area contributed by atoms with E-state index < -0.39 is 0 Å². The fourth-order valence-electron chi connectivity index (χ4n) is 4.65. The molecule has 2 aromatic carbocycles. The first-order valence-corrected chi connectivity index (χ1v) is 12.8. The molecule has 0 saturated carbocycles. The summed E-state index contributed by atoms with van der Waals surface area (Å²) in [5.74, 6) is 0.980. The summed E-state index contributed by atoms with van der Waals surface area (Å²) in [5.41, 5.74) is 8.78. The third kappa shape index (κ3) is 4.64. The maximum absolute atomic E-state index is 13.9. The molecule has 1 aliphatic heterocycles. The number of imidazole rings is 2. The molecule has 4 aromatic rings. The third-order valence-corrected chi connectivity index (χ3v) is 7.05. The minimum Gasteiger partial charge on any atom is -0.397 e. The van der Waals surface area contributed by atoms with Crippen molar-refractivity contribution >= 4 is 40.6 Å². The van der Waals surface area contributed by atoms with Gasteiger partial charge in [-0.25, -0.2) is 9.97 Å². The second-order valence-corrected chi connectivity index (χ2v) is 9.44. The largest absolute Gasteiger partial charge is 0.397 e. The predicted octanol–water partition coefficient (Wildman–Crippen LogP) is 4.04. The summed E-state index contributed by atoms with van der Waals surface area (Å²) < 4.78 is 3.71.